The van der Waals surface area contributed by atoms with Crippen LogP contribution in [0.4, 0.5) is 11.4 Å². The fourth-order valence-corrected chi connectivity index (χ4v) is 3.83. The number of benzene rings is 2. The van der Waals surface area contributed by atoms with E-state index in [9.17, 15) is 9.59 Å². The normalized spacial score (nSPS) is 16.6. The van der Waals surface area contributed by atoms with Crippen molar-refractivity contribution in [3.8, 4) is 0 Å². The van der Waals surface area contributed by atoms with Crippen molar-refractivity contribution in [2.75, 3.05) is 30.4 Å². The summed E-state index contributed by atoms with van der Waals surface area (Å²) in [4.78, 5) is 31.5. The van der Waals surface area contributed by atoms with E-state index >= 15 is 0 Å². The monoisotopic (exact) mass is 406 g/mol. The van der Waals surface area contributed by atoms with Crippen LogP contribution in [-0.4, -0.2) is 41.8 Å². The highest BCUT2D eigenvalue weighted by atomic mass is 16.5. The van der Waals surface area contributed by atoms with E-state index in [1.807, 2.05) is 36.4 Å². The van der Waals surface area contributed by atoms with E-state index in [2.05, 4.69) is 15.2 Å². The van der Waals surface area contributed by atoms with Crippen LogP contribution in [0.25, 0.3) is 10.9 Å². The van der Waals surface area contributed by atoms with Crippen LogP contribution < -0.4 is 15.8 Å². The summed E-state index contributed by atoms with van der Waals surface area (Å²) in [6, 6.07) is 15.1. The molecular weight excluding hydrogens is 380 g/mol. The lowest BCUT2D eigenvalue weighted by molar-refractivity contribution is -0.116. The average molecular weight is 406 g/mol. The van der Waals surface area contributed by atoms with Gasteiger partial charge in [0, 0.05) is 44.5 Å². The second kappa shape index (κ2) is 9.09. The molecule has 0 spiro atoms. The first-order valence-corrected chi connectivity index (χ1v) is 10.3. The number of aryl methyl sites for hydroxylation is 1. The van der Waals surface area contributed by atoms with Crippen LogP contribution in [0.3, 0.4) is 0 Å². The minimum atomic E-state index is -0.139. The van der Waals surface area contributed by atoms with Gasteiger partial charge in [0.2, 0.25) is 5.91 Å². The van der Waals surface area contributed by atoms with Gasteiger partial charge in [-0.1, -0.05) is 12.1 Å². The van der Waals surface area contributed by atoms with Gasteiger partial charge in [0.1, 0.15) is 0 Å². The van der Waals surface area contributed by atoms with E-state index < -0.39 is 0 Å². The first-order chi connectivity index (χ1) is 14.6. The fourth-order valence-electron chi connectivity index (χ4n) is 3.83. The summed E-state index contributed by atoms with van der Waals surface area (Å²) < 4.78 is 6.97. The van der Waals surface area contributed by atoms with Gasteiger partial charge >= 0.3 is 0 Å². The summed E-state index contributed by atoms with van der Waals surface area (Å²) in [5.74, 6) is -0.139. The summed E-state index contributed by atoms with van der Waals surface area (Å²) >= 11 is 0. The highest BCUT2D eigenvalue weighted by Gasteiger charge is 2.19. The van der Waals surface area contributed by atoms with Crippen LogP contribution in [0.15, 0.2) is 59.7 Å². The lowest BCUT2D eigenvalue weighted by Gasteiger charge is -2.33. The molecule has 1 aliphatic rings. The van der Waals surface area contributed by atoms with Gasteiger partial charge in [-0.2, -0.15) is 0 Å². The van der Waals surface area contributed by atoms with Crippen LogP contribution in [-0.2, 0) is 16.1 Å². The third kappa shape index (κ3) is 4.52. The molecule has 1 atom stereocenters. The predicted molar refractivity (Wildman–Crippen MR) is 118 cm³/mol. The molecule has 0 saturated carbocycles. The maximum atomic E-state index is 12.5. The number of fused-ring (bicyclic) bond motifs is 1. The van der Waals surface area contributed by atoms with Crippen LogP contribution in [0.5, 0.6) is 0 Å². The number of nitrogens with zero attached hydrogens (tertiary/aromatic N) is 3. The second-order valence-corrected chi connectivity index (χ2v) is 7.55. The summed E-state index contributed by atoms with van der Waals surface area (Å²) in [6.45, 7) is 2.18. The van der Waals surface area contributed by atoms with Gasteiger partial charge in [-0.25, -0.2) is 4.98 Å². The van der Waals surface area contributed by atoms with Gasteiger partial charge in [0.25, 0.3) is 5.56 Å². The molecule has 1 unspecified atom stereocenters. The molecule has 1 fully saturated rings. The molecule has 4 rings (SSSR count). The van der Waals surface area contributed by atoms with Crippen molar-refractivity contribution >= 4 is 28.2 Å². The molecule has 1 saturated heterocycles. The van der Waals surface area contributed by atoms with E-state index in [1.165, 1.54) is 10.9 Å². The minimum absolute atomic E-state index is 0.131. The average Bonchev–Trinajstić information content (AvgIpc) is 2.79. The Hall–Kier alpha value is -3.19. The quantitative estimate of drug-likeness (QED) is 0.681. The van der Waals surface area contributed by atoms with Crippen molar-refractivity contribution in [1.29, 1.82) is 0 Å². The molecule has 7 heteroatoms. The maximum absolute atomic E-state index is 12.5. The SMILES string of the molecule is COC1CCCN(c2ccc(NC(=O)CCn3cnc4ccccc4c3=O)cc2)C1. The van der Waals surface area contributed by atoms with Crippen LogP contribution >= 0.6 is 0 Å². The Morgan fingerprint density at radius 2 is 2.00 bits per heavy atom. The van der Waals surface area contributed by atoms with Gasteiger partial charge in [-0.05, 0) is 49.2 Å². The first-order valence-electron chi connectivity index (χ1n) is 10.3. The van der Waals surface area contributed by atoms with E-state index in [0.717, 1.165) is 37.3 Å². The van der Waals surface area contributed by atoms with Gasteiger partial charge in [-0.15, -0.1) is 0 Å². The van der Waals surface area contributed by atoms with Gasteiger partial charge < -0.3 is 15.0 Å². The predicted octanol–water partition coefficient (Wildman–Crippen LogP) is 3.04. The van der Waals surface area contributed by atoms with Crippen molar-refractivity contribution in [2.24, 2.45) is 0 Å². The van der Waals surface area contributed by atoms with Gasteiger partial charge in [-0.3, -0.25) is 14.2 Å². The fraction of sp³-hybridized carbons (Fsp3) is 0.348. The summed E-state index contributed by atoms with van der Waals surface area (Å²) in [5.41, 5.74) is 2.40. The number of hydrogen-bond acceptors (Lipinski definition) is 5. The molecule has 1 amide bonds. The number of amides is 1. The molecular formula is C23H26N4O3. The van der Waals surface area contributed by atoms with Crippen molar-refractivity contribution in [3.05, 3.63) is 65.2 Å². The third-order valence-electron chi connectivity index (χ3n) is 5.54. The van der Waals surface area contributed by atoms with E-state index in [4.69, 9.17) is 4.74 Å². The van der Waals surface area contributed by atoms with Crippen LogP contribution in [0.2, 0.25) is 0 Å². The maximum Gasteiger partial charge on any atom is 0.261 e. The number of nitrogens with one attached hydrogen (secondary N) is 1. The largest absolute Gasteiger partial charge is 0.380 e. The zero-order valence-corrected chi connectivity index (χ0v) is 17.1. The highest BCUT2D eigenvalue weighted by molar-refractivity contribution is 5.90. The molecule has 0 radical (unpaired) electrons. The van der Waals surface area contributed by atoms with E-state index in [-0.39, 0.29) is 30.5 Å². The van der Waals surface area contributed by atoms with Crippen molar-refractivity contribution in [1.82, 2.24) is 9.55 Å². The topological polar surface area (TPSA) is 76.5 Å². The van der Waals surface area contributed by atoms with Crippen LogP contribution in [0.1, 0.15) is 19.3 Å². The minimum Gasteiger partial charge on any atom is -0.380 e. The molecule has 1 aromatic heterocycles. The lowest BCUT2D eigenvalue weighted by Crippen LogP contribution is -2.39. The summed E-state index contributed by atoms with van der Waals surface area (Å²) in [7, 11) is 1.76. The number of rotatable bonds is 6. The Morgan fingerprint density at radius 1 is 1.20 bits per heavy atom. The summed E-state index contributed by atoms with van der Waals surface area (Å²) in [6.07, 6.45) is 4.17. The molecule has 2 heterocycles. The van der Waals surface area contributed by atoms with E-state index in [0.29, 0.717) is 10.9 Å². The molecule has 30 heavy (non-hydrogen) atoms. The number of ether oxygens (including phenoxy) is 1. The number of methoxy groups -OCH3 is 1. The molecule has 156 valence electrons. The Bertz CT molecular complexity index is 1080. The molecule has 0 bridgehead atoms. The number of aromatic nitrogens is 2. The molecule has 0 aliphatic carbocycles. The van der Waals surface area contributed by atoms with Crippen LogP contribution in [0, 0.1) is 0 Å². The number of hydrogen-bond donors (Lipinski definition) is 1. The molecule has 2 aromatic carbocycles. The number of para-hydroxylation sites is 1. The highest BCUT2D eigenvalue weighted by Crippen LogP contribution is 2.23. The van der Waals surface area contributed by atoms with E-state index in [1.54, 1.807) is 19.2 Å². The third-order valence-corrected chi connectivity index (χ3v) is 5.54. The zero-order valence-electron chi connectivity index (χ0n) is 17.1. The molecule has 3 aromatic rings. The lowest BCUT2D eigenvalue weighted by atomic mass is 10.1. The van der Waals surface area contributed by atoms with Gasteiger partial charge in [0.05, 0.1) is 23.3 Å². The molecule has 1 N–H and O–H groups in total. The van der Waals surface area contributed by atoms with Crippen molar-refractivity contribution in [2.45, 2.75) is 31.9 Å². The second-order valence-electron chi connectivity index (χ2n) is 7.55. The Labute approximate surface area is 175 Å². The Kier molecular flexibility index (Phi) is 6.09. The first kappa shape index (κ1) is 20.1. The zero-order chi connectivity index (χ0) is 20.9. The Morgan fingerprint density at radius 3 is 2.80 bits per heavy atom. The number of carbonyl (C=O) groups excluding carboxylic acids is 1. The number of carbonyl (C=O) groups is 1. The molecule has 1 aliphatic heterocycles. The van der Waals surface area contributed by atoms with Gasteiger partial charge in [0.15, 0.2) is 0 Å². The summed E-state index contributed by atoms with van der Waals surface area (Å²) in [5, 5.41) is 3.46. The number of anilines is 2. The molecule has 7 nitrogen and oxygen atoms in total. The number of piperidine rings is 1. The Balaban J connectivity index is 1.34. The smallest absolute Gasteiger partial charge is 0.261 e. The van der Waals surface area contributed by atoms with Crippen molar-refractivity contribution in [3.63, 3.8) is 0 Å². The standard InChI is InChI=1S/C23H26N4O3/c1-30-19-5-4-13-26(15-19)18-10-8-17(9-11-18)25-22(28)12-14-27-16-24-21-7-3-2-6-20(21)23(27)29/h2-3,6-11,16,19H,4-5,12-15H2,1H3,(H,25,28). The van der Waals surface area contributed by atoms with Crippen molar-refractivity contribution < 1.29 is 9.53 Å².